The first-order valence-electron chi connectivity index (χ1n) is 10.7. The fourth-order valence-corrected chi connectivity index (χ4v) is 3.57. The summed E-state index contributed by atoms with van der Waals surface area (Å²) >= 11 is 0. The van der Waals surface area contributed by atoms with E-state index in [0.29, 0.717) is 24.5 Å². The molecule has 0 aliphatic heterocycles. The molecule has 0 saturated carbocycles. The molecule has 0 spiro atoms. The zero-order chi connectivity index (χ0) is 23.2. The zero-order valence-corrected chi connectivity index (χ0v) is 19.9. The highest BCUT2D eigenvalue weighted by molar-refractivity contribution is 5.85. The van der Waals surface area contributed by atoms with Gasteiger partial charge in [-0.3, -0.25) is 4.79 Å². The molecule has 0 atom stereocenters. The van der Waals surface area contributed by atoms with Crippen LogP contribution in [0.1, 0.15) is 23.4 Å². The van der Waals surface area contributed by atoms with Crippen LogP contribution in [0.3, 0.4) is 0 Å². The van der Waals surface area contributed by atoms with Crippen molar-refractivity contribution in [3.8, 4) is 17.2 Å². The number of carbonyl (C=O) groups is 1. The van der Waals surface area contributed by atoms with Crippen molar-refractivity contribution in [2.75, 3.05) is 7.11 Å². The van der Waals surface area contributed by atoms with Gasteiger partial charge in [-0.2, -0.15) is 0 Å². The Labute approximate surface area is 204 Å². The molecule has 4 aromatic rings. The third-order valence-electron chi connectivity index (χ3n) is 5.43. The van der Waals surface area contributed by atoms with E-state index in [-0.39, 0.29) is 25.4 Å². The second-order valence-corrected chi connectivity index (χ2v) is 7.67. The smallest absolute Gasteiger partial charge is 0.303 e. The number of methoxy groups -OCH3 is 1. The summed E-state index contributed by atoms with van der Waals surface area (Å²) in [5, 5.41) is 9.07. The molecule has 34 heavy (non-hydrogen) atoms. The van der Waals surface area contributed by atoms with Crippen LogP contribution >= 0.6 is 12.4 Å². The molecular weight excluding hydrogens is 456 g/mol. The van der Waals surface area contributed by atoms with Crippen molar-refractivity contribution >= 4 is 29.4 Å². The number of imidazole rings is 1. The van der Waals surface area contributed by atoms with E-state index in [4.69, 9.17) is 19.3 Å². The lowest BCUT2D eigenvalue weighted by atomic mass is 10.1. The first-order valence-corrected chi connectivity index (χ1v) is 10.7. The van der Waals surface area contributed by atoms with Gasteiger partial charge in [0.2, 0.25) is 0 Å². The molecule has 178 valence electrons. The summed E-state index contributed by atoms with van der Waals surface area (Å²) in [5.74, 6) is 1.95. The number of hydrogen-bond acceptors (Lipinski definition) is 5. The van der Waals surface area contributed by atoms with Gasteiger partial charge >= 0.3 is 5.97 Å². The van der Waals surface area contributed by atoms with Gasteiger partial charge < -0.3 is 23.9 Å². The Kier molecular flexibility index (Phi) is 8.38. The minimum Gasteiger partial charge on any atom is -0.497 e. The van der Waals surface area contributed by atoms with Gasteiger partial charge in [0.25, 0.3) is 0 Å². The van der Waals surface area contributed by atoms with E-state index >= 15 is 0 Å². The minimum atomic E-state index is -0.845. The number of carboxylic acid groups (broad SMARTS) is 1. The van der Waals surface area contributed by atoms with E-state index in [9.17, 15) is 4.79 Å². The summed E-state index contributed by atoms with van der Waals surface area (Å²) in [6.45, 7) is 0.664. The van der Waals surface area contributed by atoms with Gasteiger partial charge in [0.05, 0.1) is 18.1 Å². The summed E-state index contributed by atoms with van der Waals surface area (Å²) in [5.41, 5.74) is 3.69. The van der Waals surface area contributed by atoms with Crippen molar-refractivity contribution in [3.05, 3.63) is 83.7 Å². The van der Waals surface area contributed by atoms with E-state index in [1.54, 1.807) is 7.11 Å². The standard InChI is InChI=1S/C26H26N2O5.ClH/c1-28-23-14-20(31-2)11-12-22(23)27-25(28)17-32-21-10-8-19(9-13-26(29)30)24(15-21)33-16-18-6-4-3-5-7-18;/h3-8,10-12,14-15H,9,13,16-17H2,1-2H3,(H,29,30);1H. The molecule has 0 saturated heterocycles. The maximum Gasteiger partial charge on any atom is 0.303 e. The Morgan fingerprint density at radius 2 is 1.74 bits per heavy atom. The van der Waals surface area contributed by atoms with Crippen molar-refractivity contribution in [2.24, 2.45) is 7.05 Å². The molecule has 0 aliphatic rings. The average molecular weight is 483 g/mol. The quantitative estimate of drug-likeness (QED) is 0.335. The molecule has 0 radical (unpaired) electrons. The normalized spacial score (nSPS) is 10.5. The van der Waals surface area contributed by atoms with E-state index in [0.717, 1.165) is 33.7 Å². The third kappa shape index (κ3) is 5.99. The summed E-state index contributed by atoms with van der Waals surface area (Å²) < 4.78 is 19.3. The Morgan fingerprint density at radius 1 is 0.971 bits per heavy atom. The molecular formula is C26H27ClN2O5. The third-order valence-corrected chi connectivity index (χ3v) is 5.43. The number of fused-ring (bicyclic) bond motifs is 1. The molecule has 0 bridgehead atoms. The van der Waals surface area contributed by atoms with Gasteiger partial charge in [0.1, 0.15) is 36.3 Å². The molecule has 1 heterocycles. The lowest BCUT2D eigenvalue weighted by Crippen LogP contribution is -2.05. The van der Waals surface area contributed by atoms with Crippen LogP contribution in [-0.4, -0.2) is 27.7 Å². The average Bonchev–Trinajstić information content (AvgIpc) is 3.15. The van der Waals surface area contributed by atoms with Crippen LogP contribution < -0.4 is 14.2 Å². The van der Waals surface area contributed by atoms with E-state index in [1.165, 1.54) is 0 Å². The van der Waals surface area contributed by atoms with Crippen molar-refractivity contribution in [2.45, 2.75) is 26.1 Å². The maximum atomic E-state index is 11.1. The topological polar surface area (TPSA) is 82.8 Å². The number of halogens is 1. The van der Waals surface area contributed by atoms with E-state index in [1.807, 2.05) is 78.3 Å². The monoisotopic (exact) mass is 482 g/mol. The van der Waals surface area contributed by atoms with Crippen LogP contribution in [-0.2, 0) is 31.5 Å². The van der Waals surface area contributed by atoms with Crippen LogP contribution in [0.15, 0.2) is 66.7 Å². The van der Waals surface area contributed by atoms with E-state index < -0.39 is 5.97 Å². The van der Waals surface area contributed by atoms with E-state index in [2.05, 4.69) is 4.98 Å². The van der Waals surface area contributed by atoms with Gasteiger partial charge in [-0.25, -0.2) is 4.98 Å². The second kappa shape index (κ2) is 11.4. The Bertz CT molecular complexity index is 1260. The van der Waals surface area contributed by atoms with Gasteiger partial charge in [0.15, 0.2) is 0 Å². The maximum absolute atomic E-state index is 11.1. The SMILES string of the molecule is COc1ccc2nc(COc3ccc(CCC(=O)O)c(OCc4ccccc4)c3)n(C)c2c1.Cl. The number of nitrogens with zero attached hydrogens (tertiary/aromatic N) is 2. The number of carboxylic acids is 1. The molecule has 0 aliphatic carbocycles. The van der Waals surface area contributed by atoms with Crippen molar-refractivity contribution in [1.29, 1.82) is 0 Å². The van der Waals surface area contributed by atoms with Crippen LogP contribution in [0.25, 0.3) is 11.0 Å². The first-order chi connectivity index (χ1) is 16.0. The molecule has 0 fully saturated rings. The molecule has 0 unspecified atom stereocenters. The summed E-state index contributed by atoms with van der Waals surface area (Å²) in [4.78, 5) is 15.7. The fraction of sp³-hybridized carbons (Fsp3) is 0.231. The highest BCUT2D eigenvalue weighted by Gasteiger charge is 2.12. The second-order valence-electron chi connectivity index (χ2n) is 7.67. The summed E-state index contributed by atoms with van der Waals surface area (Å²) in [6.07, 6.45) is 0.414. The molecule has 7 nitrogen and oxygen atoms in total. The number of hydrogen-bond donors (Lipinski definition) is 1. The number of aromatic nitrogens is 2. The lowest BCUT2D eigenvalue weighted by molar-refractivity contribution is -0.136. The predicted molar refractivity (Wildman–Crippen MR) is 132 cm³/mol. The Balaban J connectivity index is 0.00000324. The molecule has 4 rings (SSSR count). The number of rotatable bonds is 10. The predicted octanol–water partition coefficient (Wildman–Crippen LogP) is 5.18. The molecule has 3 aromatic carbocycles. The Morgan fingerprint density at radius 3 is 2.47 bits per heavy atom. The van der Waals surface area contributed by atoms with Gasteiger partial charge in [-0.1, -0.05) is 36.4 Å². The highest BCUT2D eigenvalue weighted by atomic mass is 35.5. The largest absolute Gasteiger partial charge is 0.497 e. The minimum absolute atomic E-state index is 0. The van der Waals surface area contributed by atoms with Gasteiger partial charge in [0, 0.05) is 25.6 Å². The fourth-order valence-electron chi connectivity index (χ4n) is 3.57. The van der Waals surface area contributed by atoms with Crippen molar-refractivity contribution in [3.63, 3.8) is 0 Å². The molecule has 1 aromatic heterocycles. The number of ether oxygens (including phenoxy) is 3. The number of aryl methyl sites for hydroxylation is 2. The number of benzene rings is 3. The van der Waals surface area contributed by atoms with Crippen LogP contribution in [0.4, 0.5) is 0 Å². The van der Waals surface area contributed by atoms with Crippen LogP contribution in [0.2, 0.25) is 0 Å². The molecule has 0 amide bonds. The van der Waals surface area contributed by atoms with Crippen LogP contribution in [0.5, 0.6) is 17.2 Å². The van der Waals surface area contributed by atoms with Crippen molar-refractivity contribution in [1.82, 2.24) is 9.55 Å². The van der Waals surface area contributed by atoms with Gasteiger partial charge in [-0.15, -0.1) is 12.4 Å². The number of aliphatic carboxylic acids is 1. The summed E-state index contributed by atoms with van der Waals surface area (Å²) in [7, 11) is 3.58. The molecule has 1 N–H and O–H groups in total. The first kappa shape index (κ1) is 24.9. The van der Waals surface area contributed by atoms with Crippen molar-refractivity contribution < 1.29 is 24.1 Å². The van der Waals surface area contributed by atoms with Crippen LogP contribution in [0, 0.1) is 0 Å². The highest BCUT2D eigenvalue weighted by Crippen LogP contribution is 2.28. The summed E-state index contributed by atoms with van der Waals surface area (Å²) in [6, 6.07) is 21.1. The Hall–Kier alpha value is -3.71. The molecule has 8 heteroatoms. The lowest BCUT2D eigenvalue weighted by Gasteiger charge is -2.14. The van der Waals surface area contributed by atoms with Gasteiger partial charge in [-0.05, 0) is 35.7 Å². The zero-order valence-electron chi connectivity index (χ0n) is 19.1.